The SMILES string of the molecule is CCn1ccnc1[C@@H]1COc2ccccc2O1. The van der Waals surface area contributed by atoms with Crippen molar-refractivity contribution < 1.29 is 9.47 Å². The molecule has 0 amide bonds. The van der Waals surface area contributed by atoms with E-state index < -0.39 is 0 Å². The van der Waals surface area contributed by atoms with Crippen LogP contribution < -0.4 is 9.47 Å². The van der Waals surface area contributed by atoms with Crippen molar-refractivity contribution in [3.05, 3.63) is 42.5 Å². The highest BCUT2D eigenvalue weighted by Crippen LogP contribution is 2.35. The summed E-state index contributed by atoms with van der Waals surface area (Å²) in [5.74, 6) is 2.51. The number of benzene rings is 1. The fourth-order valence-corrected chi connectivity index (χ4v) is 2.02. The van der Waals surface area contributed by atoms with Gasteiger partial charge in [-0.25, -0.2) is 4.98 Å². The molecule has 2 aromatic rings. The van der Waals surface area contributed by atoms with Crippen LogP contribution in [0.15, 0.2) is 36.7 Å². The Kier molecular flexibility index (Phi) is 2.48. The maximum Gasteiger partial charge on any atom is 0.190 e. The molecule has 0 N–H and O–H groups in total. The van der Waals surface area contributed by atoms with E-state index in [0.717, 1.165) is 23.9 Å². The van der Waals surface area contributed by atoms with E-state index in [1.807, 2.05) is 30.5 Å². The van der Waals surface area contributed by atoms with Gasteiger partial charge in [0.2, 0.25) is 0 Å². The van der Waals surface area contributed by atoms with E-state index in [1.54, 1.807) is 6.20 Å². The van der Waals surface area contributed by atoms with Crippen molar-refractivity contribution in [2.45, 2.75) is 19.6 Å². The lowest BCUT2D eigenvalue weighted by molar-refractivity contribution is 0.0825. The van der Waals surface area contributed by atoms with Crippen LogP contribution in [0.2, 0.25) is 0 Å². The number of aryl methyl sites for hydroxylation is 1. The minimum Gasteiger partial charge on any atom is -0.485 e. The van der Waals surface area contributed by atoms with E-state index in [1.165, 1.54) is 0 Å². The second kappa shape index (κ2) is 4.13. The summed E-state index contributed by atoms with van der Waals surface area (Å²) >= 11 is 0. The molecule has 1 aliphatic rings. The van der Waals surface area contributed by atoms with Gasteiger partial charge in [-0.05, 0) is 19.1 Å². The summed E-state index contributed by atoms with van der Waals surface area (Å²) in [6.07, 6.45) is 3.63. The Bertz CT molecular complexity index is 522. The van der Waals surface area contributed by atoms with Crippen molar-refractivity contribution in [1.82, 2.24) is 9.55 Å². The lowest BCUT2D eigenvalue weighted by Crippen LogP contribution is -2.24. The third-order valence-electron chi connectivity index (χ3n) is 2.88. The van der Waals surface area contributed by atoms with Gasteiger partial charge in [-0.15, -0.1) is 0 Å². The first-order valence-corrected chi connectivity index (χ1v) is 5.78. The van der Waals surface area contributed by atoms with Gasteiger partial charge in [0.05, 0.1) is 0 Å². The summed E-state index contributed by atoms with van der Waals surface area (Å²) in [5.41, 5.74) is 0. The van der Waals surface area contributed by atoms with Gasteiger partial charge in [0, 0.05) is 18.9 Å². The molecule has 17 heavy (non-hydrogen) atoms. The third kappa shape index (κ3) is 1.75. The van der Waals surface area contributed by atoms with Crippen LogP contribution in [-0.2, 0) is 6.54 Å². The summed E-state index contributed by atoms with van der Waals surface area (Å²) in [6, 6.07) is 7.71. The van der Waals surface area contributed by atoms with E-state index in [4.69, 9.17) is 9.47 Å². The molecule has 0 saturated heterocycles. The zero-order valence-electron chi connectivity index (χ0n) is 9.67. The maximum absolute atomic E-state index is 5.91. The molecule has 4 nitrogen and oxygen atoms in total. The molecular formula is C13H14N2O2. The molecule has 0 aliphatic carbocycles. The minimum atomic E-state index is -0.125. The Labute approximate surface area is 99.8 Å². The Morgan fingerprint density at radius 3 is 3.00 bits per heavy atom. The summed E-state index contributed by atoms with van der Waals surface area (Å²) < 4.78 is 13.7. The van der Waals surface area contributed by atoms with Gasteiger partial charge in [-0.2, -0.15) is 0 Å². The predicted molar refractivity (Wildman–Crippen MR) is 63.2 cm³/mol. The minimum absolute atomic E-state index is 0.125. The molecular weight excluding hydrogens is 216 g/mol. The summed E-state index contributed by atoms with van der Waals surface area (Å²) in [5, 5.41) is 0. The fraction of sp³-hybridized carbons (Fsp3) is 0.308. The third-order valence-corrected chi connectivity index (χ3v) is 2.88. The second-order valence-corrected chi connectivity index (χ2v) is 3.94. The van der Waals surface area contributed by atoms with Crippen LogP contribution in [0.25, 0.3) is 0 Å². The molecule has 0 unspecified atom stereocenters. The van der Waals surface area contributed by atoms with Crippen LogP contribution in [0.1, 0.15) is 18.9 Å². The molecule has 1 aromatic carbocycles. The van der Waals surface area contributed by atoms with Gasteiger partial charge < -0.3 is 14.0 Å². The molecule has 1 aromatic heterocycles. The number of nitrogens with zero attached hydrogens (tertiary/aromatic N) is 2. The van der Waals surface area contributed by atoms with E-state index in [2.05, 4.69) is 16.5 Å². The zero-order valence-corrected chi connectivity index (χ0v) is 9.67. The molecule has 0 bridgehead atoms. The number of para-hydroxylation sites is 2. The van der Waals surface area contributed by atoms with Crippen LogP contribution in [0.4, 0.5) is 0 Å². The Morgan fingerprint density at radius 1 is 1.35 bits per heavy atom. The first kappa shape index (κ1) is 10.2. The largest absolute Gasteiger partial charge is 0.485 e. The van der Waals surface area contributed by atoms with E-state index >= 15 is 0 Å². The normalized spacial score (nSPS) is 18.1. The van der Waals surface area contributed by atoms with Crippen molar-refractivity contribution in [2.75, 3.05) is 6.61 Å². The number of hydrogen-bond donors (Lipinski definition) is 0. The lowest BCUT2D eigenvalue weighted by atomic mass is 10.2. The molecule has 1 atom stereocenters. The molecule has 3 rings (SSSR count). The van der Waals surface area contributed by atoms with Crippen LogP contribution in [0, 0.1) is 0 Å². The van der Waals surface area contributed by atoms with Gasteiger partial charge in [-0.3, -0.25) is 0 Å². The van der Waals surface area contributed by atoms with Crippen LogP contribution >= 0.6 is 0 Å². The van der Waals surface area contributed by atoms with Crippen molar-refractivity contribution in [3.63, 3.8) is 0 Å². The number of imidazole rings is 1. The first-order chi connectivity index (χ1) is 8.38. The van der Waals surface area contributed by atoms with Crippen LogP contribution in [0.3, 0.4) is 0 Å². The van der Waals surface area contributed by atoms with Crippen molar-refractivity contribution in [1.29, 1.82) is 0 Å². The topological polar surface area (TPSA) is 36.3 Å². The van der Waals surface area contributed by atoms with Crippen molar-refractivity contribution in [3.8, 4) is 11.5 Å². The van der Waals surface area contributed by atoms with Crippen LogP contribution in [0.5, 0.6) is 11.5 Å². The van der Waals surface area contributed by atoms with Gasteiger partial charge in [0.1, 0.15) is 6.61 Å². The summed E-state index contributed by atoms with van der Waals surface area (Å²) in [6.45, 7) is 3.48. The van der Waals surface area contributed by atoms with Crippen molar-refractivity contribution in [2.24, 2.45) is 0 Å². The lowest BCUT2D eigenvalue weighted by Gasteiger charge is -2.26. The number of rotatable bonds is 2. The average Bonchev–Trinajstić information content (AvgIpc) is 2.86. The van der Waals surface area contributed by atoms with E-state index in [-0.39, 0.29) is 6.10 Å². The Hall–Kier alpha value is -1.97. The number of hydrogen-bond acceptors (Lipinski definition) is 3. The molecule has 0 fully saturated rings. The smallest absolute Gasteiger partial charge is 0.190 e. The first-order valence-electron chi connectivity index (χ1n) is 5.78. The van der Waals surface area contributed by atoms with Crippen molar-refractivity contribution >= 4 is 0 Å². The molecule has 2 heterocycles. The standard InChI is InChI=1S/C13H14N2O2/c1-2-15-8-7-14-13(15)12-9-16-10-5-3-4-6-11(10)17-12/h3-8,12H,2,9H2,1H3/t12-/m0/s1. The summed E-state index contributed by atoms with van der Waals surface area (Å²) in [4.78, 5) is 4.34. The zero-order chi connectivity index (χ0) is 11.7. The van der Waals surface area contributed by atoms with Gasteiger partial charge in [-0.1, -0.05) is 12.1 Å². The monoisotopic (exact) mass is 230 g/mol. The molecule has 88 valence electrons. The van der Waals surface area contributed by atoms with E-state index in [9.17, 15) is 0 Å². The predicted octanol–water partition coefficient (Wildman–Crippen LogP) is 2.42. The Balaban J connectivity index is 1.89. The molecule has 0 spiro atoms. The van der Waals surface area contributed by atoms with Gasteiger partial charge in [0.15, 0.2) is 23.4 Å². The summed E-state index contributed by atoms with van der Waals surface area (Å²) in [7, 11) is 0. The number of fused-ring (bicyclic) bond motifs is 1. The Morgan fingerprint density at radius 2 is 2.18 bits per heavy atom. The second-order valence-electron chi connectivity index (χ2n) is 3.94. The van der Waals surface area contributed by atoms with Gasteiger partial charge >= 0.3 is 0 Å². The average molecular weight is 230 g/mol. The highest BCUT2D eigenvalue weighted by Gasteiger charge is 2.25. The fourth-order valence-electron chi connectivity index (χ4n) is 2.02. The molecule has 0 radical (unpaired) electrons. The highest BCUT2D eigenvalue weighted by molar-refractivity contribution is 5.41. The molecule has 0 saturated carbocycles. The highest BCUT2D eigenvalue weighted by atomic mass is 16.6. The number of ether oxygens (including phenoxy) is 2. The quantitative estimate of drug-likeness (QED) is 0.795. The molecule has 4 heteroatoms. The maximum atomic E-state index is 5.91. The molecule has 1 aliphatic heterocycles. The van der Waals surface area contributed by atoms with E-state index in [0.29, 0.717) is 6.61 Å². The van der Waals surface area contributed by atoms with Gasteiger partial charge in [0.25, 0.3) is 0 Å². The van der Waals surface area contributed by atoms with Crippen LogP contribution in [-0.4, -0.2) is 16.2 Å². The number of aromatic nitrogens is 2.